The van der Waals surface area contributed by atoms with E-state index in [-0.39, 0.29) is 11.3 Å². The van der Waals surface area contributed by atoms with Crippen molar-refractivity contribution < 1.29 is 24.2 Å². The topological polar surface area (TPSA) is 89.0 Å². The Balaban J connectivity index is 1.64. The highest BCUT2D eigenvalue weighted by molar-refractivity contribution is 7.22. The lowest BCUT2D eigenvalue weighted by Crippen LogP contribution is -2.29. The van der Waals surface area contributed by atoms with Crippen molar-refractivity contribution in [1.29, 1.82) is 0 Å². The van der Waals surface area contributed by atoms with Gasteiger partial charge in [0.15, 0.2) is 5.13 Å². The fraction of sp³-hybridized carbons (Fsp3) is 0.194. The molecule has 0 radical (unpaired) electrons. The molecule has 1 atom stereocenters. The molecule has 1 fully saturated rings. The summed E-state index contributed by atoms with van der Waals surface area (Å²) in [5.41, 5.74) is 2.94. The Labute approximate surface area is 230 Å². The van der Waals surface area contributed by atoms with Crippen LogP contribution >= 0.6 is 11.3 Å². The van der Waals surface area contributed by atoms with E-state index in [9.17, 15) is 14.7 Å². The number of anilines is 1. The minimum Gasteiger partial charge on any atom is -0.507 e. The highest BCUT2D eigenvalue weighted by Gasteiger charge is 2.48. The third kappa shape index (κ3) is 5.03. The van der Waals surface area contributed by atoms with Crippen LogP contribution < -0.4 is 14.4 Å². The maximum absolute atomic E-state index is 13.5. The van der Waals surface area contributed by atoms with Gasteiger partial charge in [0.2, 0.25) is 0 Å². The van der Waals surface area contributed by atoms with Crippen molar-refractivity contribution in [3.8, 4) is 11.5 Å². The van der Waals surface area contributed by atoms with Gasteiger partial charge in [-0.3, -0.25) is 14.5 Å². The number of fused-ring (bicyclic) bond motifs is 1. The van der Waals surface area contributed by atoms with Crippen LogP contribution in [0.4, 0.5) is 5.13 Å². The SMILES string of the molecule is C=CCOc1ccc([C@H]2C(=C(O)c3ccc(OCC)cc3)C(=O)C(=O)N2c2nc3ccc(CC)cc3s2)cc1. The molecule has 0 aliphatic carbocycles. The third-order valence-electron chi connectivity index (χ3n) is 6.50. The quantitative estimate of drug-likeness (QED) is 0.114. The molecule has 0 bridgehead atoms. The average Bonchev–Trinajstić information content (AvgIpc) is 3.49. The molecule has 7 nitrogen and oxygen atoms in total. The number of rotatable bonds is 9. The number of aliphatic hydroxyl groups excluding tert-OH is 1. The second kappa shape index (κ2) is 11.1. The number of hydrogen-bond acceptors (Lipinski definition) is 7. The van der Waals surface area contributed by atoms with Crippen LogP contribution in [0.5, 0.6) is 11.5 Å². The Morgan fingerprint density at radius 2 is 1.72 bits per heavy atom. The summed E-state index contributed by atoms with van der Waals surface area (Å²) in [6, 6.07) is 19.0. The summed E-state index contributed by atoms with van der Waals surface area (Å²) in [4.78, 5) is 33.1. The predicted octanol–water partition coefficient (Wildman–Crippen LogP) is 6.45. The maximum Gasteiger partial charge on any atom is 0.301 e. The highest BCUT2D eigenvalue weighted by atomic mass is 32.1. The minimum atomic E-state index is -0.878. The number of Topliss-reactive ketones (excluding diaryl/α,β-unsaturated/α-hetero) is 1. The summed E-state index contributed by atoms with van der Waals surface area (Å²) in [7, 11) is 0. The van der Waals surface area contributed by atoms with Gasteiger partial charge in [-0.2, -0.15) is 0 Å². The summed E-state index contributed by atoms with van der Waals surface area (Å²) in [6.45, 7) is 8.48. The number of benzene rings is 3. The average molecular weight is 541 g/mol. The molecule has 0 spiro atoms. The number of amides is 1. The first-order chi connectivity index (χ1) is 18.9. The minimum absolute atomic E-state index is 0.00239. The number of carbonyl (C=O) groups is 2. The number of hydrogen-bond donors (Lipinski definition) is 1. The number of thiazole rings is 1. The molecule has 8 heteroatoms. The van der Waals surface area contributed by atoms with Crippen molar-refractivity contribution in [3.05, 3.63) is 102 Å². The van der Waals surface area contributed by atoms with E-state index in [4.69, 9.17) is 14.5 Å². The number of aromatic nitrogens is 1. The molecular weight excluding hydrogens is 512 g/mol. The second-order valence-electron chi connectivity index (χ2n) is 8.95. The van der Waals surface area contributed by atoms with Crippen LogP contribution in [-0.2, 0) is 16.0 Å². The van der Waals surface area contributed by atoms with Gasteiger partial charge in [-0.1, -0.05) is 49.1 Å². The summed E-state index contributed by atoms with van der Waals surface area (Å²) in [5.74, 6) is -0.511. The van der Waals surface area contributed by atoms with Crippen LogP contribution in [-0.4, -0.2) is 35.0 Å². The second-order valence-corrected chi connectivity index (χ2v) is 9.96. The van der Waals surface area contributed by atoms with E-state index in [2.05, 4.69) is 13.5 Å². The highest BCUT2D eigenvalue weighted by Crippen LogP contribution is 2.44. The van der Waals surface area contributed by atoms with E-state index < -0.39 is 17.7 Å². The molecule has 1 saturated heterocycles. The molecule has 3 aromatic carbocycles. The zero-order chi connectivity index (χ0) is 27.5. The lowest BCUT2D eigenvalue weighted by atomic mass is 9.95. The molecule has 39 heavy (non-hydrogen) atoms. The standard InChI is InChI=1S/C31H28N2O5S/c1-4-17-38-23-12-8-20(9-13-23)27-26(28(34)21-10-14-22(15-11-21)37-6-3)29(35)30(36)33(27)31-32-24-16-7-19(5-2)18-25(24)39-31/h4,7-16,18,27,34H,1,5-6,17H2,2-3H3/t27-/m0/s1. The Kier molecular flexibility index (Phi) is 7.47. The zero-order valence-corrected chi connectivity index (χ0v) is 22.5. The molecule has 4 aromatic rings. The van der Waals surface area contributed by atoms with Crippen molar-refractivity contribution in [1.82, 2.24) is 4.98 Å². The van der Waals surface area contributed by atoms with Gasteiger partial charge in [0.05, 0.1) is 28.4 Å². The van der Waals surface area contributed by atoms with E-state index in [1.54, 1.807) is 54.6 Å². The van der Waals surface area contributed by atoms with E-state index in [1.807, 2.05) is 25.1 Å². The van der Waals surface area contributed by atoms with E-state index in [0.29, 0.717) is 41.0 Å². The molecule has 5 rings (SSSR count). The van der Waals surface area contributed by atoms with E-state index in [1.165, 1.54) is 16.2 Å². The van der Waals surface area contributed by atoms with Crippen LogP contribution in [0.3, 0.4) is 0 Å². The monoisotopic (exact) mass is 540 g/mol. The first-order valence-corrected chi connectivity index (χ1v) is 13.5. The van der Waals surface area contributed by atoms with Gasteiger partial charge in [0, 0.05) is 5.56 Å². The lowest BCUT2D eigenvalue weighted by Gasteiger charge is -2.23. The molecule has 2 heterocycles. The molecule has 0 unspecified atom stereocenters. The normalized spacial score (nSPS) is 16.6. The van der Waals surface area contributed by atoms with Crippen molar-refractivity contribution >= 4 is 44.1 Å². The summed E-state index contributed by atoms with van der Waals surface area (Å²) in [5, 5.41) is 11.8. The zero-order valence-electron chi connectivity index (χ0n) is 21.7. The Bertz CT molecular complexity index is 1570. The molecular formula is C31H28N2O5S. The maximum atomic E-state index is 13.5. The molecule has 198 valence electrons. The molecule has 1 aliphatic rings. The number of aryl methyl sites for hydroxylation is 1. The van der Waals surface area contributed by atoms with E-state index >= 15 is 0 Å². The molecule has 1 amide bonds. The van der Waals surface area contributed by atoms with E-state index in [0.717, 1.165) is 22.2 Å². The number of aliphatic hydroxyl groups is 1. The fourth-order valence-electron chi connectivity index (χ4n) is 4.56. The van der Waals surface area contributed by atoms with Gasteiger partial charge in [0.1, 0.15) is 23.9 Å². The van der Waals surface area contributed by atoms with Gasteiger partial charge in [-0.25, -0.2) is 4.98 Å². The van der Waals surface area contributed by atoms with Crippen molar-refractivity contribution in [2.45, 2.75) is 26.3 Å². The van der Waals surface area contributed by atoms with Crippen LogP contribution in [0.2, 0.25) is 0 Å². The predicted molar refractivity (Wildman–Crippen MR) is 154 cm³/mol. The van der Waals surface area contributed by atoms with Gasteiger partial charge in [-0.05, 0) is 73.0 Å². The Morgan fingerprint density at radius 1 is 1.03 bits per heavy atom. The molecule has 0 saturated carbocycles. The summed E-state index contributed by atoms with van der Waals surface area (Å²) < 4.78 is 12.0. The van der Waals surface area contributed by atoms with Crippen LogP contribution in [0.25, 0.3) is 16.0 Å². The van der Waals surface area contributed by atoms with Crippen molar-refractivity contribution in [3.63, 3.8) is 0 Å². The van der Waals surface area contributed by atoms with Gasteiger partial charge >= 0.3 is 5.91 Å². The Hall–Kier alpha value is -4.43. The molecule has 1 aromatic heterocycles. The lowest BCUT2D eigenvalue weighted by molar-refractivity contribution is -0.132. The van der Waals surface area contributed by atoms with Crippen LogP contribution in [0.15, 0.2) is 85.0 Å². The Morgan fingerprint density at radius 3 is 2.38 bits per heavy atom. The largest absolute Gasteiger partial charge is 0.507 e. The number of nitrogens with zero attached hydrogens (tertiary/aromatic N) is 2. The number of carbonyl (C=O) groups excluding carboxylic acids is 2. The van der Waals surface area contributed by atoms with Crippen molar-refractivity contribution in [2.75, 3.05) is 18.1 Å². The van der Waals surface area contributed by atoms with Gasteiger partial charge in [0.25, 0.3) is 5.78 Å². The van der Waals surface area contributed by atoms with Gasteiger partial charge in [-0.15, -0.1) is 0 Å². The smallest absolute Gasteiger partial charge is 0.301 e. The van der Waals surface area contributed by atoms with Crippen LogP contribution in [0, 0.1) is 0 Å². The third-order valence-corrected chi connectivity index (χ3v) is 7.52. The fourth-order valence-corrected chi connectivity index (χ4v) is 5.61. The summed E-state index contributed by atoms with van der Waals surface area (Å²) in [6.07, 6.45) is 2.52. The van der Waals surface area contributed by atoms with Crippen molar-refractivity contribution in [2.24, 2.45) is 0 Å². The summed E-state index contributed by atoms with van der Waals surface area (Å²) >= 11 is 1.34. The van der Waals surface area contributed by atoms with Gasteiger partial charge < -0.3 is 14.6 Å². The number of ketones is 1. The first-order valence-electron chi connectivity index (χ1n) is 12.7. The van der Waals surface area contributed by atoms with Crippen LogP contribution in [0.1, 0.15) is 36.6 Å². The first kappa shape index (κ1) is 26.2. The molecule has 1 N–H and O–H groups in total. The number of ether oxygens (including phenoxy) is 2. The molecule has 1 aliphatic heterocycles.